The van der Waals surface area contributed by atoms with Gasteiger partial charge >= 0.3 is 0 Å². The van der Waals surface area contributed by atoms with Gasteiger partial charge in [0.2, 0.25) is 5.12 Å². The zero-order valence-corrected chi connectivity index (χ0v) is 12.9. The fourth-order valence-electron chi connectivity index (χ4n) is 1.97. The first-order valence-corrected chi connectivity index (χ1v) is 7.86. The molecule has 0 amide bonds. The first-order chi connectivity index (χ1) is 10.7. The molecular weight excluding hydrogens is 294 g/mol. The van der Waals surface area contributed by atoms with Crippen LogP contribution in [0.25, 0.3) is 0 Å². The molecule has 3 nitrogen and oxygen atoms in total. The van der Waals surface area contributed by atoms with Crippen molar-refractivity contribution in [2.45, 2.75) is 6.42 Å². The standard InChI is InChI=1S/C18H17NO2S/c1-2-12-21-17-10-6-4-8-15(17)18(20)22-13-11-14-7-3-5-9-16(14)19/h1,3-10H,11-13,19H2. The van der Waals surface area contributed by atoms with E-state index in [-0.39, 0.29) is 11.7 Å². The van der Waals surface area contributed by atoms with E-state index in [9.17, 15) is 4.79 Å². The maximum Gasteiger partial charge on any atom is 0.223 e. The number of nitrogens with two attached hydrogens (primary N) is 1. The summed E-state index contributed by atoms with van der Waals surface area (Å²) in [5.41, 5.74) is 8.25. The van der Waals surface area contributed by atoms with Gasteiger partial charge in [-0.05, 0) is 30.2 Å². The Morgan fingerprint density at radius 3 is 2.68 bits per heavy atom. The van der Waals surface area contributed by atoms with Gasteiger partial charge in [0.25, 0.3) is 0 Å². The van der Waals surface area contributed by atoms with E-state index in [1.54, 1.807) is 12.1 Å². The van der Waals surface area contributed by atoms with Crippen molar-refractivity contribution in [3.05, 3.63) is 59.7 Å². The topological polar surface area (TPSA) is 52.3 Å². The third-order valence-electron chi connectivity index (χ3n) is 3.08. The van der Waals surface area contributed by atoms with E-state index in [1.165, 1.54) is 11.8 Å². The van der Waals surface area contributed by atoms with Crippen LogP contribution in [0, 0.1) is 12.3 Å². The second-order valence-electron chi connectivity index (χ2n) is 4.57. The molecule has 2 rings (SSSR count). The molecule has 0 unspecified atom stereocenters. The van der Waals surface area contributed by atoms with Gasteiger partial charge in [-0.1, -0.05) is 48.0 Å². The Labute approximate surface area is 134 Å². The molecule has 0 fully saturated rings. The Balaban J connectivity index is 1.95. The lowest BCUT2D eigenvalue weighted by Crippen LogP contribution is -2.03. The minimum atomic E-state index is -0.0258. The van der Waals surface area contributed by atoms with Gasteiger partial charge in [0.15, 0.2) is 0 Å². The van der Waals surface area contributed by atoms with Gasteiger partial charge in [0, 0.05) is 11.4 Å². The minimum Gasteiger partial charge on any atom is -0.480 e. The minimum absolute atomic E-state index is 0.0258. The molecule has 4 heteroatoms. The lowest BCUT2D eigenvalue weighted by Gasteiger charge is -2.08. The number of rotatable bonds is 6. The highest BCUT2D eigenvalue weighted by Crippen LogP contribution is 2.24. The van der Waals surface area contributed by atoms with Crippen LogP contribution in [0.4, 0.5) is 5.69 Å². The molecule has 2 aromatic carbocycles. The normalized spacial score (nSPS) is 9.95. The van der Waals surface area contributed by atoms with Crippen LogP contribution in [0.2, 0.25) is 0 Å². The Bertz CT molecular complexity index is 691. The van der Waals surface area contributed by atoms with Crippen LogP contribution in [0.5, 0.6) is 5.75 Å². The maximum atomic E-state index is 12.3. The van der Waals surface area contributed by atoms with Crippen LogP contribution in [0.1, 0.15) is 15.9 Å². The number of terminal acetylenes is 1. The number of hydrogen-bond donors (Lipinski definition) is 1. The largest absolute Gasteiger partial charge is 0.480 e. The van der Waals surface area contributed by atoms with Crippen molar-refractivity contribution in [3.8, 4) is 18.1 Å². The van der Waals surface area contributed by atoms with Gasteiger partial charge < -0.3 is 10.5 Å². The fraction of sp³-hybridized carbons (Fsp3) is 0.167. The van der Waals surface area contributed by atoms with Gasteiger partial charge in [0.1, 0.15) is 12.4 Å². The summed E-state index contributed by atoms with van der Waals surface area (Å²) in [5, 5.41) is -0.0258. The molecule has 2 aromatic rings. The first-order valence-electron chi connectivity index (χ1n) is 6.88. The lowest BCUT2D eigenvalue weighted by molar-refractivity contribution is 0.108. The SMILES string of the molecule is C#CCOc1ccccc1C(=O)SCCc1ccccc1N. The molecule has 0 saturated carbocycles. The monoisotopic (exact) mass is 311 g/mol. The number of benzene rings is 2. The first kappa shape index (κ1) is 16.0. The highest BCUT2D eigenvalue weighted by Gasteiger charge is 2.12. The number of hydrogen-bond acceptors (Lipinski definition) is 4. The Hall–Kier alpha value is -2.38. The molecule has 22 heavy (non-hydrogen) atoms. The second-order valence-corrected chi connectivity index (χ2v) is 5.64. The molecule has 0 aliphatic carbocycles. The number of thioether (sulfide) groups is 1. The number of anilines is 1. The predicted octanol–water partition coefficient (Wildman–Crippen LogP) is 3.40. The van der Waals surface area contributed by atoms with Crippen LogP contribution in [0.15, 0.2) is 48.5 Å². The van der Waals surface area contributed by atoms with Crippen molar-refractivity contribution in [1.82, 2.24) is 0 Å². The average molecular weight is 311 g/mol. The van der Waals surface area contributed by atoms with Crippen molar-refractivity contribution in [1.29, 1.82) is 0 Å². The molecule has 0 aliphatic heterocycles. The average Bonchev–Trinajstić information content (AvgIpc) is 2.55. The van der Waals surface area contributed by atoms with Crippen LogP contribution in [0.3, 0.4) is 0 Å². The smallest absolute Gasteiger partial charge is 0.223 e. The Morgan fingerprint density at radius 1 is 1.18 bits per heavy atom. The van der Waals surface area contributed by atoms with Crippen molar-refractivity contribution in [3.63, 3.8) is 0 Å². The highest BCUT2D eigenvalue weighted by molar-refractivity contribution is 8.14. The molecule has 0 saturated heterocycles. The number of nitrogen functional groups attached to an aromatic ring is 1. The van der Waals surface area contributed by atoms with Crippen molar-refractivity contribution < 1.29 is 9.53 Å². The van der Waals surface area contributed by atoms with Crippen molar-refractivity contribution >= 4 is 22.6 Å². The zero-order valence-electron chi connectivity index (χ0n) is 12.1. The molecular formula is C18H17NO2S. The summed E-state index contributed by atoms with van der Waals surface area (Å²) in [4.78, 5) is 12.3. The number of carbonyl (C=O) groups is 1. The van der Waals surface area contributed by atoms with Crippen LogP contribution in [-0.4, -0.2) is 17.5 Å². The van der Waals surface area contributed by atoms with Crippen LogP contribution < -0.4 is 10.5 Å². The number of aryl methyl sites for hydroxylation is 1. The van der Waals surface area contributed by atoms with Gasteiger partial charge in [-0.15, -0.1) is 6.42 Å². The number of carbonyl (C=O) groups excluding carboxylic acids is 1. The number of para-hydroxylation sites is 2. The maximum absolute atomic E-state index is 12.3. The summed E-state index contributed by atoms with van der Waals surface area (Å²) in [7, 11) is 0. The molecule has 0 atom stereocenters. The quantitative estimate of drug-likeness (QED) is 0.656. The van der Waals surface area contributed by atoms with E-state index in [2.05, 4.69) is 5.92 Å². The Morgan fingerprint density at radius 2 is 1.91 bits per heavy atom. The van der Waals surface area contributed by atoms with Crippen LogP contribution >= 0.6 is 11.8 Å². The second kappa shape index (κ2) is 8.16. The summed E-state index contributed by atoms with van der Waals surface area (Å²) < 4.78 is 5.40. The van der Waals surface area contributed by atoms with Gasteiger partial charge in [-0.3, -0.25) is 4.79 Å². The van der Waals surface area contributed by atoms with Gasteiger partial charge in [0.05, 0.1) is 5.56 Å². The van der Waals surface area contributed by atoms with Crippen LogP contribution in [-0.2, 0) is 6.42 Å². The fourth-order valence-corrected chi connectivity index (χ4v) is 2.81. The molecule has 2 N–H and O–H groups in total. The van der Waals surface area contributed by atoms with E-state index in [0.717, 1.165) is 17.7 Å². The summed E-state index contributed by atoms with van der Waals surface area (Å²) in [6.45, 7) is 0.148. The summed E-state index contributed by atoms with van der Waals surface area (Å²) >= 11 is 1.25. The summed E-state index contributed by atoms with van der Waals surface area (Å²) in [5.74, 6) is 3.59. The van der Waals surface area contributed by atoms with E-state index in [4.69, 9.17) is 16.9 Å². The van der Waals surface area contributed by atoms with Crippen molar-refractivity contribution in [2.24, 2.45) is 0 Å². The number of ether oxygens (including phenoxy) is 1. The third-order valence-corrected chi connectivity index (χ3v) is 3.97. The van der Waals surface area contributed by atoms with E-state index < -0.39 is 0 Å². The van der Waals surface area contributed by atoms with E-state index >= 15 is 0 Å². The van der Waals surface area contributed by atoms with E-state index in [1.807, 2.05) is 36.4 Å². The Kier molecular flexibility index (Phi) is 5.93. The van der Waals surface area contributed by atoms with Gasteiger partial charge in [-0.25, -0.2) is 0 Å². The molecule has 112 valence electrons. The summed E-state index contributed by atoms with van der Waals surface area (Å²) in [6.07, 6.45) is 5.93. The molecule has 0 radical (unpaired) electrons. The molecule has 0 aromatic heterocycles. The van der Waals surface area contributed by atoms with Gasteiger partial charge in [-0.2, -0.15) is 0 Å². The molecule has 0 bridgehead atoms. The lowest BCUT2D eigenvalue weighted by atomic mass is 10.1. The van der Waals surface area contributed by atoms with Crippen molar-refractivity contribution in [2.75, 3.05) is 18.1 Å². The van der Waals surface area contributed by atoms with E-state index in [0.29, 0.717) is 17.1 Å². The third kappa shape index (κ3) is 4.31. The molecule has 0 spiro atoms. The molecule has 0 heterocycles. The molecule has 0 aliphatic rings. The highest BCUT2D eigenvalue weighted by atomic mass is 32.2. The predicted molar refractivity (Wildman–Crippen MR) is 92.1 cm³/mol. The summed E-state index contributed by atoms with van der Waals surface area (Å²) in [6, 6.07) is 14.8. The zero-order chi connectivity index (χ0) is 15.8.